The quantitative estimate of drug-likeness (QED) is 0.770. The highest BCUT2D eigenvalue weighted by atomic mass is 16.1. The summed E-state index contributed by atoms with van der Waals surface area (Å²) in [6.07, 6.45) is 3.18. The molecule has 1 aromatic rings. The van der Waals surface area contributed by atoms with Gasteiger partial charge < -0.3 is 15.5 Å². The third kappa shape index (κ3) is 5.44. The fourth-order valence-electron chi connectivity index (χ4n) is 3.79. The number of anilines is 1. The molecule has 2 fully saturated rings. The number of piperidine rings is 1. The predicted octanol–water partition coefficient (Wildman–Crippen LogP) is 1.62. The van der Waals surface area contributed by atoms with Crippen molar-refractivity contribution in [3.05, 3.63) is 29.8 Å². The van der Waals surface area contributed by atoms with E-state index in [1.807, 2.05) is 0 Å². The topological polar surface area (TPSA) is 47.6 Å². The van der Waals surface area contributed by atoms with Crippen molar-refractivity contribution in [3.63, 3.8) is 0 Å². The summed E-state index contributed by atoms with van der Waals surface area (Å²) in [6, 6.07) is 8.77. The number of hydrogen-bond donors (Lipinski definition) is 2. The molecular weight excluding hydrogens is 312 g/mol. The number of benzene rings is 1. The van der Waals surface area contributed by atoms with Crippen LogP contribution in [-0.4, -0.2) is 63.2 Å². The van der Waals surface area contributed by atoms with Crippen molar-refractivity contribution in [1.29, 1.82) is 0 Å². The molecule has 0 aromatic heterocycles. The van der Waals surface area contributed by atoms with Crippen LogP contribution in [0.25, 0.3) is 0 Å². The van der Waals surface area contributed by atoms with Crippen LogP contribution in [0, 0.1) is 12.8 Å². The van der Waals surface area contributed by atoms with Gasteiger partial charge in [0.25, 0.3) is 0 Å². The van der Waals surface area contributed by atoms with Gasteiger partial charge in [-0.05, 0) is 57.0 Å². The monoisotopic (exact) mass is 344 g/mol. The second-order valence-electron chi connectivity index (χ2n) is 7.36. The van der Waals surface area contributed by atoms with E-state index in [-0.39, 0.29) is 11.8 Å². The average Bonchev–Trinajstić information content (AvgIpc) is 2.66. The smallest absolute Gasteiger partial charge is 0.224 e. The lowest BCUT2D eigenvalue weighted by atomic mass is 9.99. The SMILES string of the molecule is Cc1cccc(N2CCN(CCCNC(=O)C3CCCNC3)CC2)c1. The van der Waals surface area contributed by atoms with Crippen molar-refractivity contribution in [2.45, 2.75) is 26.2 Å². The van der Waals surface area contributed by atoms with Crippen LogP contribution in [0.3, 0.4) is 0 Å². The van der Waals surface area contributed by atoms with E-state index in [0.29, 0.717) is 0 Å². The summed E-state index contributed by atoms with van der Waals surface area (Å²) in [5.74, 6) is 0.406. The maximum absolute atomic E-state index is 12.1. The molecule has 2 aliphatic heterocycles. The molecule has 0 saturated carbocycles. The van der Waals surface area contributed by atoms with Crippen LogP contribution >= 0.6 is 0 Å². The molecule has 5 heteroatoms. The van der Waals surface area contributed by atoms with Crippen LogP contribution in [0.15, 0.2) is 24.3 Å². The molecule has 3 rings (SSSR count). The van der Waals surface area contributed by atoms with Crippen molar-refractivity contribution in [2.75, 3.05) is 57.3 Å². The molecule has 5 nitrogen and oxygen atoms in total. The number of aryl methyl sites for hydroxylation is 1. The van der Waals surface area contributed by atoms with E-state index in [2.05, 4.69) is 51.6 Å². The summed E-state index contributed by atoms with van der Waals surface area (Å²) < 4.78 is 0. The van der Waals surface area contributed by atoms with E-state index in [1.54, 1.807) is 0 Å². The molecule has 1 amide bonds. The van der Waals surface area contributed by atoms with E-state index in [4.69, 9.17) is 0 Å². The van der Waals surface area contributed by atoms with Crippen LogP contribution in [0.4, 0.5) is 5.69 Å². The number of carbonyl (C=O) groups is 1. The van der Waals surface area contributed by atoms with Gasteiger partial charge in [-0.15, -0.1) is 0 Å². The van der Waals surface area contributed by atoms with Gasteiger partial charge in [-0.2, -0.15) is 0 Å². The first-order valence-corrected chi connectivity index (χ1v) is 9.75. The van der Waals surface area contributed by atoms with Gasteiger partial charge in [0.05, 0.1) is 5.92 Å². The normalized spacial score (nSPS) is 22.0. The van der Waals surface area contributed by atoms with E-state index in [9.17, 15) is 4.79 Å². The highest BCUT2D eigenvalue weighted by Crippen LogP contribution is 2.17. The number of rotatable bonds is 6. The second kappa shape index (κ2) is 9.20. The van der Waals surface area contributed by atoms with Gasteiger partial charge in [-0.3, -0.25) is 9.69 Å². The Morgan fingerprint density at radius 3 is 2.84 bits per heavy atom. The Kier molecular flexibility index (Phi) is 6.70. The van der Waals surface area contributed by atoms with Gasteiger partial charge in [0.2, 0.25) is 5.91 Å². The van der Waals surface area contributed by atoms with E-state index in [0.717, 1.165) is 71.6 Å². The van der Waals surface area contributed by atoms with Crippen LogP contribution in [0.5, 0.6) is 0 Å². The lowest BCUT2D eigenvalue weighted by Gasteiger charge is -2.36. The summed E-state index contributed by atoms with van der Waals surface area (Å²) in [7, 11) is 0. The summed E-state index contributed by atoms with van der Waals surface area (Å²) in [6.45, 7) is 10.3. The van der Waals surface area contributed by atoms with Gasteiger partial charge >= 0.3 is 0 Å². The van der Waals surface area contributed by atoms with E-state index >= 15 is 0 Å². The molecule has 0 aliphatic carbocycles. The van der Waals surface area contributed by atoms with Crippen molar-refractivity contribution >= 4 is 11.6 Å². The Balaban J connectivity index is 1.31. The van der Waals surface area contributed by atoms with Crippen molar-refractivity contribution < 1.29 is 4.79 Å². The van der Waals surface area contributed by atoms with Gasteiger partial charge in [-0.25, -0.2) is 0 Å². The minimum atomic E-state index is 0.173. The zero-order valence-corrected chi connectivity index (χ0v) is 15.5. The lowest BCUT2D eigenvalue weighted by molar-refractivity contribution is -0.125. The zero-order valence-electron chi connectivity index (χ0n) is 15.5. The molecule has 0 spiro atoms. The minimum absolute atomic E-state index is 0.173. The Morgan fingerprint density at radius 1 is 1.28 bits per heavy atom. The van der Waals surface area contributed by atoms with Crippen molar-refractivity contribution in [1.82, 2.24) is 15.5 Å². The van der Waals surface area contributed by atoms with Crippen LogP contribution in [-0.2, 0) is 4.79 Å². The molecule has 2 N–H and O–H groups in total. The number of piperazine rings is 1. The number of amides is 1. The van der Waals surface area contributed by atoms with E-state index < -0.39 is 0 Å². The highest BCUT2D eigenvalue weighted by Gasteiger charge is 2.20. The standard InChI is InChI=1S/C20H32N4O/c1-17-5-2-7-19(15-17)24-13-11-23(12-14-24)10-4-9-22-20(25)18-6-3-8-21-16-18/h2,5,7,15,18,21H,3-4,6,8-14,16H2,1H3,(H,22,25). The Hall–Kier alpha value is -1.59. The van der Waals surface area contributed by atoms with Crippen LogP contribution < -0.4 is 15.5 Å². The summed E-state index contributed by atoms with van der Waals surface area (Å²) in [4.78, 5) is 17.1. The van der Waals surface area contributed by atoms with Gasteiger partial charge in [0.15, 0.2) is 0 Å². The van der Waals surface area contributed by atoms with Gasteiger partial charge in [-0.1, -0.05) is 12.1 Å². The fraction of sp³-hybridized carbons (Fsp3) is 0.650. The van der Waals surface area contributed by atoms with E-state index in [1.165, 1.54) is 11.3 Å². The molecule has 2 heterocycles. The van der Waals surface area contributed by atoms with Crippen molar-refractivity contribution in [3.8, 4) is 0 Å². The third-order valence-electron chi connectivity index (χ3n) is 5.36. The molecule has 2 aliphatic rings. The number of nitrogens with one attached hydrogen (secondary N) is 2. The maximum Gasteiger partial charge on any atom is 0.224 e. The predicted molar refractivity (Wildman–Crippen MR) is 103 cm³/mol. The number of hydrogen-bond acceptors (Lipinski definition) is 4. The van der Waals surface area contributed by atoms with Crippen LogP contribution in [0.2, 0.25) is 0 Å². The summed E-state index contributed by atoms with van der Waals surface area (Å²) in [5.41, 5.74) is 2.66. The summed E-state index contributed by atoms with van der Waals surface area (Å²) >= 11 is 0. The molecular formula is C20H32N4O. The largest absolute Gasteiger partial charge is 0.369 e. The molecule has 1 aromatic carbocycles. The number of carbonyl (C=O) groups excluding carboxylic acids is 1. The lowest BCUT2D eigenvalue weighted by Crippen LogP contribution is -2.47. The van der Waals surface area contributed by atoms with Crippen LogP contribution in [0.1, 0.15) is 24.8 Å². The molecule has 0 radical (unpaired) electrons. The fourth-order valence-corrected chi connectivity index (χ4v) is 3.79. The van der Waals surface area contributed by atoms with Gasteiger partial charge in [0.1, 0.15) is 0 Å². The molecule has 25 heavy (non-hydrogen) atoms. The Labute approximate surface area is 151 Å². The second-order valence-corrected chi connectivity index (χ2v) is 7.36. The molecule has 0 bridgehead atoms. The first-order valence-electron chi connectivity index (χ1n) is 9.75. The first kappa shape index (κ1) is 18.2. The molecule has 1 unspecified atom stereocenters. The molecule has 1 atom stereocenters. The van der Waals surface area contributed by atoms with Gasteiger partial charge in [0, 0.05) is 45.0 Å². The first-order chi connectivity index (χ1) is 12.2. The van der Waals surface area contributed by atoms with Crippen molar-refractivity contribution in [2.24, 2.45) is 5.92 Å². The Morgan fingerprint density at radius 2 is 2.12 bits per heavy atom. The Bertz CT molecular complexity index is 548. The maximum atomic E-state index is 12.1. The third-order valence-corrected chi connectivity index (χ3v) is 5.36. The molecule has 2 saturated heterocycles. The minimum Gasteiger partial charge on any atom is -0.369 e. The summed E-state index contributed by atoms with van der Waals surface area (Å²) in [5, 5.41) is 6.42. The zero-order chi connectivity index (χ0) is 17.5. The highest BCUT2D eigenvalue weighted by molar-refractivity contribution is 5.78. The number of nitrogens with zero attached hydrogens (tertiary/aromatic N) is 2. The molecule has 138 valence electrons. The average molecular weight is 345 g/mol.